The van der Waals surface area contributed by atoms with Crippen molar-refractivity contribution in [2.45, 2.75) is 19.3 Å². The number of hydrogen-bond donors (Lipinski definition) is 1. The van der Waals surface area contributed by atoms with Gasteiger partial charge in [0, 0.05) is 17.6 Å². The summed E-state index contributed by atoms with van der Waals surface area (Å²) in [5.41, 5.74) is 8.12. The van der Waals surface area contributed by atoms with E-state index in [1.165, 1.54) is 45.0 Å². The molecule has 1 N–H and O–H groups in total. The molecule has 0 spiro atoms. The van der Waals surface area contributed by atoms with E-state index >= 15 is 0 Å². The van der Waals surface area contributed by atoms with E-state index in [1.54, 1.807) is 0 Å². The van der Waals surface area contributed by atoms with Crippen molar-refractivity contribution < 1.29 is 9.53 Å². The summed E-state index contributed by atoms with van der Waals surface area (Å²) in [4.78, 5) is 11.9. The van der Waals surface area contributed by atoms with Gasteiger partial charge in [-0.2, -0.15) is 0 Å². The molecule has 4 heteroatoms. The summed E-state index contributed by atoms with van der Waals surface area (Å²) in [6.45, 7) is 1.99. The number of fused-ring (bicyclic) bond motifs is 1. The Labute approximate surface area is 168 Å². The third-order valence-electron chi connectivity index (χ3n) is 5.18. The molecule has 4 rings (SSSR count). The summed E-state index contributed by atoms with van der Waals surface area (Å²) in [5.74, 6) is -0.283. The van der Waals surface area contributed by atoms with Crippen LogP contribution in [0.5, 0.6) is 0 Å². The summed E-state index contributed by atoms with van der Waals surface area (Å²) in [6.07, 6.45) is 5.26. The highest BCUT2D eigenvalue weighted by Gasteiger charge is 2.19. The van der Waals surface area contributed by atoms with Crippen molar-refractivity contribution in [3.8, 4) is 0 Å². The maximum Gasteiger partial charge on any atom is 0.337 e. The Morgan fingerprint density at radius 1 is 1.11 bits per heavy atom. The molecule has 0 amide bonds. The normalized spacial score (nSPS) is 16.3. The van der Waals surface area contributed by atoms with Crippen LogP contribution in [0, 0.1) is 0 Å². The molecular formula is C23H22BrNO2. The number of ether oxygens (including phenoxy) is 1. The number of carbonyl (C=O) groups excluding carboxylic acids is 1. The molecule has 0 saturated carbocycles. The summed E-state index contributed by atoms with van der Waals surface area (Å²) < 4.78 is 6.10. The molecule has 1 aliphatic carbocycles. The molecule has 0 unspecified atom stereocenters. The zero-order chi connectivity index (χ0) is 18.8. The Bertz CT molecular complexity index is 935. The Balaban J connectivity index is 1.72. The summed E-state index contributed by atoms with van der Waals surface area (Å²) in [5, 5.41) is 3.27. The number of esters is 1. The fourth-order valence-corrected chi connectivity index (χ4v) is 4.38. The Kier molecular flexibility index (Phi) is 5.28. The molecule has 1 saturated heterocycles. The maximum absolute atomic E-state index is 11.9. The molecule has 1 heterocycles. The zero-order valence-corrected chi connectivity index (χ0v) is 16.9. The first-order valence-electron chi connectivity index (χ1n) is 9.26. The summed E-state index contributed by atoms with van der Waals surface area (Å²) >= 11 is 3.82. The molecule has 0 aromatic heterocycles. The molecule has 138 valence electrons. The number of rotatable bonds is 3. The van der Waals surface area contributed by atoms with E-state index in [4.69, 9.17) is 4.74 Å². The lowest BCUT2D eigenvalue weighted by Crippen LogP contribution is -2.33. The van der Waals surface area contributed by atoms with Crippen molar-refractivity contribution in [2.24, 2.45) is 0 Å². The Morgan fingerprint density at radius 2 is 1.89 bits per heavy atom. The van der Waals surface area contributed by atoms with Crippen LogP contribution in [0.4, 0.5) is 0 Å². The van der Waals surface area contributed by atoms with E-state index in [2.05, 4.69) is 57.7 Å². The second-order valence-electron chi connectivity index (χ2n) is 7.03. The molecule has 0 bridgehead atoms. The van der Waals surface area contributed by atoms with Crippen molar-refractivity contribution in [1.29, 1.82) is 0 Å². The van der Waals surface area contributed by atoms with Gasteiger partial charge in [-0.1, -0.05) is 52.3 Å². The molecular weight excluding hydrogens is 402 g/mol. The molecule has 1 fully saturated rings. The van der Waals surface area contributed by atoms with Crippen LogP contribution in [-0.4, -0.2) is 26.2 Å². The van der Waals surface area contributed by atoms with Crippen molar-refractivity contribution in [3.05, 3.63) is 80.3 Å². The van der Waals surface area contributed by atoms with Crippen LogP contribution in [0.2, 0.25) is 0 Å². The van der Waals surface area contributed by atoms with Crippen molar-refractivity contribution in [1.82, 2.24) is 5.32 Å². The quantitative estimate of drug-likeness (QED) is 0.709. The van der Waals surface area contributed by atoms with Crippen molar-refractivity contribution >= 4 is 33.5 Å². The number of nitrogens with one attached hydrogen (secondary N) is 1. The minimum absolute atomic E-state index is 0.283. The van der Waals surface area contributed by atoms with Crippen LogP contribution in [-0.2, 0) is 11.2 Å². The minimum atomic E-state index is -0.283. The van der Waals surface area contributed by atoms with Gasteiger partial charge in [-0.3, -0.25) is 0 Å². The number of halogens is 1. The fraction of sp³-hybridized carbons (Fsp3) is 0.261. The number of allylic oxidation sites excluding steroid dienone is 1. The van der Waals surface area contributed by atoms with Gasteiger partial charge >= 0.3 is 5.97 Å². The van der Waals surface area contributed by atoms with Gasteiger partial charge < -0.3 is 10.1 Å². The number of carbonyl (C=O) groups is 1. The second-order valence-corrected chi connectivity index (χ2v) is 7.98. The molecule has 0 atom stereocenters. The van der Waals surface area contributed by atoms with Gasteiger partial charge in [-0.05, 0) is 64.8 Å². The fourth-order valence-electron chi connectivity index (χ4n) is 3.66. The van der Waals surface area contributed by atoms with Crippen LogP contribution < -0.4 is 5.32 Å². The summed E-state index contributed by atoms with van der Waals surface area (Å²) in [7, 11) is 1.42. The van der Waals surface area contributed by atoms with Gasteiger partial charge in [0.2, 0.25) is 0 Å². The van der Waals surface area contributed by atoms with E-state index in [1.807, 2.05) is 12.1 Å². The number of hydrogen-bond acceptors (Lipinski definition) is 3. The number of methoxy groups -OCH3 is 1. The monoisotopic (exact) mass is 423 g/mol. The summed E-state index contributed by atoms with van der Waals surface area (Å²) in [6, 6.07) is 14.6. The van der Waals surface area contributed by atoms with E-state index in [0.29, 0.717) is 5.56 Å². The minimum Gasteiger partial charge on any atom is -0.465 e. The Hall–Kier alpha value is -2.17. The third kappa shape index (κ3) is 3.78. The topological polar surface area (TPSA) is 38.3 Å². The van der Waals surface area contributed by atoms with E-state index < -0.39 is 0 Å². The smallest absolute Gasteiger partial charge is 0.337 e. The molecule has 27 heavy (non-hydrogen) atoms. The van der Waals surface area contributed by atoms with Gasteiger partial charge in [0.15, 0.2) is 0 Å². The highest BCUT2D eigenvalue weighted by molar-refractivity contribution is 9.11. The van der Waals surface area contributed by atoms with Gasteiger partial charge in [-0.15, -0.1) is 0 Å². The average molecular weight is 424 g/mol. The highest BCUT2D eigenvalue weighted by Crippen LogP contribution is 2.38. The SMILES string of the molecule is COC(=O)c1ccc2c(c1)CCCC(Br)=C2c1ccc(C=C2CNC2)cc1. The Morgan fingerprint density at radius 3 is 2.56 bits per heavy atom. The van der Waals surface area contributed by atoms with Crippen molar-refractivity contribution in [3.63, 3.8) is 0 Å². The largest absolute Gasteiger partial charge is 0.465 e. The van der Waals surface area contributed by atoms with Crippen LogP contribution in [0.1, 0.15) is 45.5 Å². The zero-order valence-electron chi connectivity index (χ0n) is 15.3. The first-order chi connectivity index (χ1) is 13.2. The lowest BCUT2D eigenvalue weighted by Gasteiger charge is -2.18. The molecule has 1 aliphatic heterocycles. The van der Waals surface area contributed by atoms with E-state index in [-0.39, 0.29) is 5.97 Å². The average Bonchev–Trinajstić information content (AvgIpc) is 2.82. The standard InChI is InChI=1S/C23H22BrNO2/c1-27-23(26)19-9-10-20-18(12-19)3-2-4-21(24)22(20)17-7-5-15(6-8-17)11-16-13-25-14-16/h5-12,25H,2-4,13-14H2,1H3. The van der Waals surface area contributed by atoms with Crippen LogP contribution in [0.3, 0.4) is 0 Å². The van der Waals surface area contributed by atoms with Crippen LogP contribution >= 0.6 is 15.9 Å². The first-order valence-corrected chi connectivity index (χ1v) is 10.1. The lowest BCUT2D eigenvalue weighted by molar-refractivity contribution is 0.0600. The predicted octanol–water partition coefficient (Wildman–Crippen LogP) is 4.95. The molecule has 2 aromatic carbocycles. The number of benzene rings is 2. The maximum atomic E-state index is 11.9. The molecule has 3 nitrogen and oxygen atoms in total. The molecule has 2 aliphatic rings. The predicted molar refractivity (Wildman–Crippen MR) is 113 cm³/mol. The van der Waals surface area contributed by atoms with Crippen LogP contribution in [0.15, 0.2) is 52.5 Å². The van der Waals surface area contributed by atoms with Crippen LogP contribution in [0.25, 0.3) is 11.6 Å². The van der Waals surface area contributed by atoms with E-state index in [9.17, 15) is 4.79 Å². The first kappa shape index (κ1) is 18.2. The third-order valence-corrected chi connectivity index (χ3v) is 5.98. The number of aryl methyl sites for hydroxylation is 1. The van der Waals surface area contributed by atoms with Gasteiger partial charge in [0.25, 0.3) is 0 Å². The van der Waals surface area contributed by atoms with E-state index in [0.717, 1.165) is 32.4 Å². The van der Waals surface area contributed by atoms with Gasteiger partial charge in [-0.25, -0.2) is 4.79 Å². The lowest BCUT2D eigenvalue weighted by atomic mass is 9.92. The van der Waals surface area contributed by atoms with Gasteiger partial charge in [0.1, 0.15) is 0 Å². The molecule has 2 aromatic rings. The van der Waals surface area contributed by atoms with Gasteiger partial charge in [0.05, 0.1) is 12.7 Å². The molecule has 0 radical (unpaired) electrons. The second kappa shape index (κ2) is 7.83. The highest BCUT2D eigenvalue weighted by atomic mass is 79.9. The van der Waals surface area contributed by atoms with Crippen molar-refractivity contribution in [2.75, 3.05) is 20.2 Å².